The Morgan fingerprint density at radius 1 is 1.32 bits per heavy atom. The van der Waals surface area contributed by atoms with Gasteiger partial charge < -0.3 is 10.7 Å². The van der Waals surface area contributed by atoms with Crippen LogP contribution >= 0.6 is 11.6 Å². The summed E-state index contributed by atoms with van der Waals surface area (Å²) in [7, 11) is 0. The standard InChI is InChI=1S/C18H17ClFN5/c19-12-3-4-13(14(20)8-12)17-16-15(23-10-24-16)5-7-25(17)9-11-2-1-6-22-18(11)21/h1-4,6,8,10,17H,5,7,9H2,(H2,21,22)(H,23,24). The molecule has 7 heteroatoms. The molecule has 0 amide bonds. The number of fused-ring (bicyclic) bond motifs is 1. The van der Waals surface area contributed by atoms with Crippen molar-refractivity contribution in [3.05, 3.63) is 76.2 Å². The molecule has 5 nitrogen and oxygen atoms in total. The Hall–Kier alpha value is -2.44. The SMILES string of the molecule is Nc1ncccc1CN1CCc2[nH]cnc2C1c1ccc(Cl)cc1F. The first kappa shape index (κ1) is 16.1. The first-order chi connectivity index (χ1) is 12.1. The van der Waals surface area contributed by atoms with Crippen LogP contribution in [0.2, 0.25) is 5.02 Å². The summed E-state index contributed by atoms with van der Waals surface area (Å²) >= 11 is 5.92. The Morgan fingerprint density at radius 3 is 3.00 bits per heavy atom. The van der Waals surface area contributed by atoms with Crippen LogP contribution in [0.25, 0.3) is 0 Å². The summed E-state index contributed by atoms with van der Waals surface area (Å²) in [4.78, 5) is 13.9. The average molecular weight is 358 g/mol. The second kappa shape index (κ2) is 6.46. The van der Waals surface area contributed by atoms with Crippen LogP contribution in [0.15, 0.2) is 42.9 Å². The molecular formula is C18H17ClFN5. The molecule has 0 fully saturated rings. The zero-order chi connectivity index (χ0) is 17.4. The van der Waals surface area contributed by atoms with E-state index in [1.54, 1.807) is 24.7 Å². The van der Waals surface area contributed by atoms with Gasteiger partial charge in [0.1, 0.15) is 11.6 Å². The molecule has 128 valence electrons. The lowest BCUT2D eigenvalue weighted by Crippen LogP contribution is -2.36. The Bertz CT molecular complexity index is 910. The number of hydrogen-bond acceptors (Lipinski definition) is 4. The molecule has 3 aromatic rings. The molecule has 0 saturated heterocycles. The van der Waals surface area contributed by atoms with E-state index in [1.807, 2.05) is 12.1 Å². The van der Waals surface area contributed by atoms with E-state index in [2.05, 4.69) is 19.9 Å². The minimum absolute atomic E-state index is 0.299. The Balaban J connectivity index is 1.76. The van der Waals surface area contributed by atoms with Gasteiger partial charge in [-0.1, -0.05) is 23.7 Å². The fourth-order valence-electron chi connectivity index (χ4n) is 3.37. The number of nitrogens with zero attached hydrogens (tertiary/aromatic N) is 3. The summed E-state index contributed by atoms with van der Waals surface area (Å²) in [5.41, 5.74) is 9.35. The van der Waals surface area contributed by atoms with Gasteiger partial charge in [0.15, 0.2) is 0 Å². The van der Waals surface area contributed by atoms with Crippen molar-refractivity contribution in [1.82, 2.24) is 19.9 Å². The van der Waals surface area contributed by atoms with E-state index >= 15 is 0 Å². The first-order valence-electron chi connectivity index (χ1n) is 8.04. The number of benzene rings is 1. The highest BCUT2D eigenvalue weighted by molar-refractivity contribution is 6.30. The van der Waals surface area contributed by atoms with Gasteiger partial charge in [-0.25, -0.2) is 14.4 Å². The number of halogens is 2. The van der Waals surface area contributed by atoms with Crippen molar-refractivity contribution in [3.63, 3.8) is 0 Å². The number of nitrogens with two attached hydrogens (primary N) is 1. The Morgan fingerprint density at radius 2 is 2.20 bits per heavy atom. The van der Waals surface area contributed by atoms with E-state index in [9.17, 15) is 4.39 Å². The van der Waals surface area contributed by atoms with Crippen LogP contribution in [-0.4, -0.2) is 26.4 Å². The molecule has 25 heavy (non-hydrogen) atoms. The number of rotatable bonds is 3. The highest BCUT2D eigenvalue weighted by atomic mass is 35.5. The molecule has 1 unspecified atom stereocenters. The third-order valence-electron chi connectivity index (χ3n) is 4.58. The Kier molecular flexibility index (Phi) is 4.15. The molecule has 1 aromatic carbocycles. The van der Waals surface area contributed by atoms with Crippen molar-refractivity contribution < 1.29 is 4.39 Å². The van der Waals surface area contributed by atoms with Gasteiger partial charge in [0.25, 0.3) is 0 Å². The van der Waals surface area contributed by atoms with Crippen LogP contribution < -0.4 is 5.73 Å². The van der Waals surface area contributed by atoms with Crippen LogP contribution in [0.5, 0.6) is 0 Å². The molecule has 3 N–H and O–H groups in total. The highest BCUT2D eigenvalue weighted by Crippen LogP contribution is 2.36. The maximum atomic E-state index is 14.6. The van der Waals surface area contributed by atoms with Gasteiger partial charge >= 0.3 is 0 Å². The molecule has 3 heterocycles. The van der Waals surface area contributed by atoms with Gasteiger partial charge in [-0.05, 0) is 18.2 Å². The molecule has 0 spiro atoms. The van der Waals surface area contributed by atoms with Gasteiger partial charge in [-0.15, -0.1) is 0 Å². The van der Waals surface area contributed by atoms with Crippen LogP contribution in [0.3, 0.4) is 0 Å². The van der Waals surface area contributed by atoms with Crippen LogP contribution in [0.4, 0.5) is 10.2 Å². The number of hydrogen-bond donors (Lipinski definition) is 2. The molecule has 0 aliphatic carbocycles. The fraction of sp³-hybridized carbons (Fsp3) is 0.222. The van der Waals surface area contributed by atoms with Crippen molar-refractivity contribution in [1.29, 1.82) is 0 Å². The molecule has 1 atom stereocenters. The smallest absolute Gasteiger partial charge is 0.129 e. The van der Waals surface area contributed by atoms with E-state index in [0.717, 1.165) is 29.9 Å². The number of imidazole rings is 1. The third kappa shape index (κ3) is 2.99. The predicted octanol–water partition coefficient (Wildman–Crippen LogP) is 3.33. The van der Waals surface area contributed by atoms with Gasteiger partial charge in [0.2, 0.25) is 0 Å². The minimum atomic E-state index is -0.336. The van der Waals surface area contributed by atoms with Gasteiger partial charge in [0, 0.05) is 47.6 Å². The number of aromatic nitrogens is 3. The van der Waals surface area contributed by atoms with Crippen LogP contribution in [0, 0.1) is 5.82 Å². The van der Waals surface area contributed by atoms with E-state index in [0.29, 0.717) is 22.9 Å². The van der Waals surface area contributed by atoms with Gasteiger partial charge in [-0.3, -0.25) is 4.90 Å². The number of anilines is 1. The lowest BCUT2D eigenvalue weighted by atomic mass is 9.94. The molecular weight excluding hydrogens is 341 g/mol. The third-order valence-corrected chi connectivity index (χ3v) is 4.82. The second-order valence-electron chi connectivity index (χ2n) is 6.10. The number of nitrogens with one attached hydrogen (secondary N) is 1. The summed E-state index contributed by atoms with van der Waals surface area (Å²) in [6.45, 7) is 1.33. The molecule has 0 radical (unpaired) electrons. The molecule has 0 bridgehead atoms. The van der Waals surface area contributed by atoms with E-state index in [1.165, 1.54) is 6.07 Å². The maximum Gasteiger partial charge on any atom is 0.129 e. The summed E-state index contributed by atoms with van der Waals surface area (Å²) in [5, 5.41) is 0.377. The summed E-state index contributed by atoms with van der Waals surface area (Å²) in [5.74, 6) is 0.156. The van der Waals surface area contributed by atoms with E-state index in [4.69, 9.17) is 17.3 Å². The van der Waals surface area contributed by atoms with Gasteiger partial charge in [0.05, 0.1) is 18.1 Å². The first-order valence-corrected chi connectivity index (χ1v) is 8.42. The summed E-state index contributed by atoms with van der Waals surface area (Å²) in [6.07, 6.45) is 4.14. The molecule has 1 aliphatic heterocycles. The number of aromatic amines is 1. The molecule has 0 saturated carbocycles. The molecule has 4 rings (SSSR count). The molecule has 2 aromatic heterocycles. The van der Waals surface area contributed by atoms with Crippen LogP contribution in [0.1, 0.15) is 28.6 Å². The fourth-order valence-corrected chi connectivity index (χ4v) is 3.52. The normalized spacial score (nSPS) is 17.4. The van der Waals surface area contributed by atoms with Crippen molar-refractivity contribution in [3.8, 4) is 0 Å². The number of nitrogen functional groups attached to an aromatic ring is 1. The lowest BCUT2D eigenvalue weighted by molar-refractivity contribution is 0.197. The average Bonchev–Trinajstić information content (AvgIpc) is 3.06. The van der Waals surface area contributed by atoms with Crippen molar-refractivity contribution in [2.45, 2.75) is 19.0 Å². The van der Waals surface area contributed by atoms with Crippen molar-refractivity contribution >= 4 is 17.4 Å². The largest absolute Gasteiger partial charge is 0.383 e. The summed E-state index contributed by atoms with van der Waals surface area (Å²) in [6, 6.07) is 8.27. The lowest BCUT2D eigenvalue weighted by Gasteiger charge is -2.35. The van der Waals surface area contributed by atoms with Gasteiger partial charge in [-0.2, -0.15) is 0 Å². The topological polar surface area (TPSA) is 70.8 Å². The zero-order valence-corrected chi connectivity index (χ0v) is 14.2. The maximum absolute atomic E-state index is 14.6. The van der Waals surface area contributed by atoms with E-state index < -0.39 is 0 Å². The minimum Gasteiger partial charge on any atom is -0.383 e. The second-order valence-corrected chi connectivity index (χ2v) is 6.54. The summed E-state index contributed by atoms with van der Waals surface area (Å²) < 4.78 is 14.6. The Labute approximate surface area is 149 Å². The number of pyridine rings is 1. The van der Waals surface area contributed by atoms with Crippen LogP contribution in [-0.2, 0) is 13.0 Å². The quantitative estimate of drug-likeness (QED) is 0.754. The highest BCUT2D eigenvalue weighted by Gasteiger charge is 2.33. The zero-order valence-electron chi connectivity index (χ0n) is 13.4. The van der Waals surface area contributed by atoms with Crippen molar-refractivity contribution in [2.75, 3.05) is 12.3 Å². The van der Waals surface area contributed by atoms with Crippen molar-refractivity contribution in [2.24, 2.45) is 0 Å². The molecule has 1 aliphatic rings. The predicted molar refractivity (Wildman–Crippen MR) is 94.6 cm³/mol. The monoisotopic (exact) mass is 357 g/mol. The number of H-pyrrole nitrogens is 1. The van der Waals surface area contributed by atoms with E-state index in [-0.39, 0.29) is 11.9 Å².